The highest BCUT2D eigenvalue weighted by molar-refractivity contribution is 5.84. The Morgan fingerprint density at radius 3 is 0.556 bits per heavy atom. The quantitative estimate of drug-likeness (QED) is 0.0944. The Morgan fingerprint density at radius 2 is 0.370 bits per heavy atom. The first kappa shape index (κ1) is 35.2. The smallest absolute Gasteiger partial charge is 0.150 e. The van der Waals surface area contributed by atoms with Gasteiger partial charge in [0.05, 0.1) is 0 Å². The summed E-state index contributed by atoms with van der Waals surface area (Å²) in [7, 11) is 0. The van der Waals surface area contributed by atoms with Gasteiger partial charge < -0.3 is 0 Å². The molecular weight excluding hydrogens is 661 g/mol. The molecule has 0 unspecified atom stereocenters. The van der Waals surface area contributed by atoms with Crippen molar-refractivity contribution in [1.29, 1.82) is 0 Å². The zero-order valence-electron chi connectivity index (χ0n) is 29.5. The minimum Gasteiger partial charge on any atom is -0.298 e. The van der Waals surface area contributed by atoms with Gasteiger partial charge in [-0.2, -0.15) is 0 Å². The average Bonchev–Trinajstić information content (AvgIpc) is 3.25. The third kappa shape index (κ3) is 8.97. The number of hydrogen-bond acceptors (Lipinski definition) is 3. The van der Waals surface area contributed by atoms with E-state index in [1.165, 1.54) is 0 Å². The molecule has 0 spiro atoms. The lowest BCUT2D eigenvalue weighted by Gasteiger charge is -2.12. The SMILES string of the molecule is O=Cc1ccc(/C=C/c2ccc(-c3cc(-c4ccc(/C=C/c5ccc(C=O)cc5)cc4)cc(-c4ccc(/C=C/c5ccc(C=O)cc5)cc4)c3)cc2)cc1. The molecule has 7 rings (SSSR count). The molecule has 0 aliphatic carbocycles. The van der Waals surface area contributed by atoms with Gasteiger partial charge in [0.25, 0.3) is 0 Å². The van der Waals surface area contributed by atoms with Gasteiger partial charge in [0.15, 0.2) is 0 Å². The van der Waals surface area contributed by atoms with Crippen LogP contribution in [0.3, 0.4) is 0 Å². The molecule has 258 valence electrons. The zero-order valence-corrected chi connectivity index (χ0v) is 29.5. The number of carbonyl (C=O) groups is 3. The number of aldehydes is 3. The summed E-state index contributed by atoms with van der Waals surface area (Å²) in [4.78, 5) is 33.0. The second-order valence-corrected chi connectivity index (χ2v) is 13.0. The van der Waals surface area contributed by atoms with E-state index in [0.29, 0.717) is 16.7 Å². The van der Waals surface area contributed by atoms with Gasteiger partial charge in [-0.3, -0.25) is 14.4 Å². The minimum absolute atomic E-state index is 0.663. The first-order chi connectivity index (χ1) is 26.5. The standard InChI is InChI=1S/C51H36O3/c52-34-43-13-7-37(8-14-43)1-4-40-19-25-46(26-20-40)49-31-50(47-27-21-41(22-28-47)5-2-38-9-15-44(35-53)16-10-38)33-51(32-49)48-29-23-42(24-30-48)6-3-39-11-17-45(36-54)18-12-39/h1-36H/b4-1+,5-2+,6-3+. The second kappa shape index (κ2) is 16.9. The van der Waals surface area contributed by atoms with E-state index in [1.54, 1.807) is 0 Å². The molecule has 0 aromatic heterocycles. The van der Waals surface area contributed by atoms with E-state index in [4.69, 9.17) is 0 Å². The lowest BCUT2D eigenvalue weighted by molar-refractivity contribution is 0.111. The highest BCUT2D eigenvalue weighted by Crippen LogP contribution is 2.34. The van der Waals surface area contributed by atoms with Crippen molar-refractivity contribution in [1.82, 2.24) is 0 Å². The summed E-state index contributed by atoms with van der Waals surface area (Å²) in [5.74, 6) is 0. The molecule has 7 aromatic carbocycles. The van der Waals surface area contributed by atoms with Crippen molar-refractivity contribution < 1.29 is 14.4 Å². The normalized spacial score (nSPS) is 11.3. The fraction of sp³-hybridized carbons (Fsp3) is 0. The van der Waals surface area contributed by atoms with Crippen molar-refractivity contribution in [3.63, 3.8) is 0 Å². The van der Waals surface area contributed by atoms with Gasteiger partial charge in [-0.05, 0) is 85.0 Å². The van der Waals surface area contributed by atoms with Gasteiger partial charge >= 0.3 is 0 Å². The van der Waals surface area contributed by atoms with E-state index in [1.807, 2.05) is 91.0 Å². The molecule has 0 amide bonds. The number of carbonyl (C=O) groups excluding carboxylic acids is 3. The molecule has 3 heteroatoms. The van der Waals surface area contributed by atoms with Crippen molar-refractivity contribution >= 4 is 55.3 Å². The van der Waals surface area contributed by atoms with Crippen LogP contribution >= 0.6 is 0 Å². The molecule has 3 nitrogen and oxygen atoms in total. The van der Waals surface area contributed by atoms with Gasteiger partial charge in [0.1, 0.15) is 18.9 Å². The molecule has 0 atom stereocenters. The Bertz CT molecular complexity index is 2170. The average molecular weight is 697 g/mol. The Morgan fingerprint density at radius 1 is 0.204 bits per heavy atom. The van der Waals surface area contributed by atoms with Crippen LogP contribution in [0.1, 0.15) is 64.5 Å². The van der Waals surface area contributed by atoms with Crippen molar-refractivity contribution in [2.75, 3.05) is 0 Å². The number of hydrogen-bond donors (Lipinski definition) is 0. The summed E-state index contributed by atoms with van der Waals surface area (Å²) in [5, 5.41) is 0. The van der Waals surface area contributed by atoms with Gasteiger partial charge in [0, 0.05) is 16.7 Å². The lowest BCUT2D eigenvalue weighted by atomic mass is 9.92. The first-order valence-electron chi connectivity index (χ1n) is 17.7. The maximum atomic E-state index is 11.0. The van der Waals surface area contributed by atoms with Gasteiger partial charge in [-0.1, -0.05) is 182 Å². The molecule has 0 saturated carbocycles. The van der Waals surface area contributed by atoms with Crippen LogP contribution in [0, 0.1) is 0 Å². The summed E-state index contributed by atoms with van der Waals surface area (Å²) in [5.41, 5.74) is 15.1. The molecule has 0 bridgehead atoms. The van der Waals surface area contributed by atoms with Crippen molar-refractivity contribution in [2.24, 2.45) is 0 Å². The van der Waals surface area contributed by atoms with E-state index in [2.05, 4.69) is 109 Å². The van der Waals surface area contributed by atoms with Crippen molar-refractivity contribution in [3.05, 3.63) is 214 Å². The monoisotopic (exact) mass is 696 g/mol. The van der Waals surface area contributed by atoms with Crippen LogP contribution in [0.15, 0.2) is 164 Å². The Kier molecular flexibility index (Phi) is 11.0. The molecule has 0 radical (unpaired) electrons. The van der Waals surface area contributed by atoms with Gasteiger partial charge in [0.2, 0.25) is 0 Å². The predicted octanol–water partition coefficient (Wildman–Crippen LogP) is 12.6. The maximum Gasteiger partial charge on any atom is 0.150 e. The lowest BCUT2D eigenvalue weighted by Crippen LogP contribution is -1.87. The van der Waals surface area contributed by atoms with Crippen molar-refractivity contribution in [3.8, 4) is 33.4 Å². The Labute approximate surface area is 315 Å². The highest BCUT2D eigenvalue weighted by atomic mass is 16.1. The van der Waals surface area contributed by atoms with E-state index in [0.717, 1.165) is 85.6 Å². The van der Waals surface area contributed by atoms with Crippen LogP contribution in [0.25, 0.3) is 69.8 Å². The van der Waals surface area contributed by atoms with Gasteiger partial charge in [-0.15, -0.1) is 0 Å². The van der Waals surface area contributed by atoms with Crippen LogP contribution in [-0.2, 0) is 0 Å². The molecule has 54 heavy (non-hydrogen) atoms. The third-order valence-corrected chi connectivity index (χ3v) is 9.29. The fourth-order valence-corrected chi connectivity index (χ4v) is 6.12. The zero-order chi connectivity index (χ0) is 37.1. The van der Waals surface area contributed by atoms with Crippen LogP contribution in [0.4, 0.5) is 0 Å². The van der Waals surface area contributed by atoms with Crippen molar-refractivity contribution in [2.45, 2.75) is 0 Å². The number of rotatable bonds is 12. The molecule has 0 aliphatic rings. The van der Waals surface area contributed by atoms with Crippen LogP contribution < -0.4 is 0 Å². The Balaban J connectivity index is 1.17. The molecule has 0 aliphatic heterocycles. The summed E-state index contributed by atoms with van der Waals surface area (Å²) >= 11 is 0. The van der Waals surface area contributed by atoms with E-state index >= 15 is 0 Å². The summed E-state index contributed by atoms with van der Waals surface area (Å²) in [6.07, 6.45) is 14.9. The van der Waals surface area contributed by atoms with E-state index in [-0.39, 0.29) is 0 Å². The Hall–Kier alpha value is -7.23. The summed E-state index contributed by atoms with van der Waals surface area (Å²) < 4.78 is 0. The molecular formula is C51H36O3. The van der Waals surface area contributed by atoms with Crippen LogP contribution in [-0.4, -0.2) is 18.9 Å². The van der Waals surface area contributed by atoms with Gasteiger partial charge in [-0.25, -0.2) is 0 Å². The van der Waals surface area contributed by atoms with Crippen LogP contribution in [0.5, 0.6) is 0 Å². The molecule has 0 saturated heterocycles. The minimum atomic E-state index is 0.663. The topological polar surface area (TPSA) is 51.2 Å². The second-order valence-electron chi connectivity index (χ2n) is 13.0. The maximum absolute atomic E-state index is 11.0. The van der Waals surface area contributed by atoms with Crippen LogP contribution in [0.2, 0.25) is 0 Å². The third-order valence-electron chi connectivity index (χ3n) is 9.29. The summed E-state index contributed by atoms with van der Waals surface area (Å²) in [6.45, 7) is 0. The largest absolute Gasteiger partial charge is 0.298 e. The number of benzene rings is 7. The first-order valence-corrected chi connectivity index (χ1v) is 17.7. The summed E-state index contributed by atoms with van der Waals surface area (Å²) in [6, 6.07) is 55.0. The molecule has 0 fully saturated rings. The molecule has 7 aromatic rings. The molecule has 0 N–H and O–H groups in total. The predicted molar refractivity (Wildman–Crippen MR) is 225 cm³/mol. The fourth-order valence-electron chi connectivity index (χ4n) is 6.12. The van der Waals surface area contributed by atoms with E-state index < -0.39 is 0 Å². The van der Waals surface area contributed by atoms with E-state index in [9.17, 15) is 14.4 Å². The molecule has 0 heterocycles. The highest BCUT2D eigenvalue weighted by Gasteiger charge is 2.08.